The van der Waals surface area contributed by atoms with E-state index in [4.69, 9.17) is 25.4 Å². The normalized spacial score (nSPS) is 38.0. The van der Waals surface area contributed by atoms with Crippen molar-refractivity contribution in [1.82, 2.24) is 14.7 Å². The van der Waals surface area contributed by atoms with Crippen LogP contribution in [0.25, 0.3) is 0 Å². The van der Waals surface area contributed by atoms with Gasteiger partial charge in [-0.25, -0.2) is 0 Å². The first-order valence-electron chi connectivity index (χ1n) is 17.0. The predicted molar refractivity (Wildman–Crippen MR) is 179 cm³/mol. The lowest BCUT2D eigenvalue weighted by molar-refractivity contribution is -0.289. The van der Waals surface area contributed by atoms with E-state index in [0.717, 1.165) is 25.9 Å². The van der Waals surface area contributed by atoms with Gasteiger partial charge < -0.3 is 33.9 Å². The number of methoxy groups -OCH3 is 1. The van der Waals surface area contributed by atoms with Crippen molar-refractivity contribution in [2.75, 3.05) is 54.5 Å². The van der Waals surface area contributed by atoms with Crippen LogP contribution in [-0.2, 0) is 28.5 Å². The van der Waals surface area contributed by atoms with E-state index in [0.29, 0.717) is 31.8 Å². The summed E-state index contributed by atoms with van der Waals surface area (Å²) in [5.41, 5.74) is -3.39. The molecule has 3 heterocycles. The van der Waals surface area contributed by atoms with E-state index in [1.54, 1.807) is 13.8 Å². The fourth-order valence-corrected chi connectivity index (χ4v) is 7.55. The summed E-state index contributed by atoms with van der Waals surface area (Å²) in [5, 5.41) is 11.4. The van der Waals surface area contributed by atoms with Crippen LogP contribution in [0, 0.1) is 29.6 Å². The molecule has 0 spiro atoms. The van der Waals surface area contributed by atoms with Crippen molar-refractivity contribution in [3.63, 3.8) is 0 Å². The number of aliphatic hydroxyl groups is 1. The van der Waals surface area contributed by atoms with Gasteiger partial charge in [0.15, 0.2) is 17.7 Å². The molecule has 46 heavy (non-hydrogen) atoms. The maximum Gasteiger partial charge on any atom is 0.319 e. The second-order valence-electron chi connectivity index (χ2n) is 15.0. The van der Waals surface area contributed by atoms with E-state index in [9.17, 15) is 14.7 Å². The van der Waals surface area contributed by atoms with Gasteiger partial charge in [-0.05, 0) is 120 Å². The molecular weight excluding hydrogens is 586 g/mol. The average Bonchev–Trinajstić information content (AvgIpc) is 3.02. The summed E-state index contributed by atoms with van der Waals surface area (Å²) in [6, 6.07) is 0.238. The van der Waals surface area contributed by atoms with Gasteiger partial charge in [0.2, 0.25) is 0 Å². The summed E-state index contributed by atoms with van der Waals surface area (Å²) in [7, 11) is 7.37. The van der Waals surface area contributed by atoms with Crippen molar-refractivity contribution in [3.05, 3.63) is 12.7 Å². The Balaban J connectivity index is 2.04. The Morgan fingerprint density at radius 2 is 1.80 bits per heavy atom. The number of hydrogen-bond acceptors (Lipinski definition) is 10. The molecule has 3 rings (SSSR count). The first kappa shape index (κ1) is 38.6. The van der Waals surface area contributed by atoms with Gasteiger partial charge in [-0.3, -0.25) is 14.5 Å². The van der Waals surface area contributed by atoms with Crippen LogP contribution in [0.5, 0.6) is 0 Å². The molecule has 0 bridgehead atoms. The number of nitrogens with zero attached hydrogens (tertiary/aromatic N) is 3. The molecule has 8 atom stereocenters. The van der Waals surface area contributed by atoms with Gasteiger partial charge in [0.1, 0.15) is 24.2 Å². The molecule has 0 amide bonds. The molecule has 0 unspecified atom stereocenters. The third kappa shape index (κ3) is 7.89. The Hall–Kier alpha value is -1.84. The number of ketones is 1. The summed E-state index contributed by atoms with van der Waals surface area (Å²) in [6.45, 7) is 18.4. The van der Waals surface area contributed by atoms with Gasteiger partial charge in [0.25, 0.3) is 0 Å². The molecule has 0 aromatic rings. The van der Waals surface area contributed by atoms with E-state index in [2.05, 4.69) is 50.1 Å². The number of Topliss-reactive ketones (excluding diaryl/α,β-unsaturated/α-hetero) is 1. The third-order valence-electron chi connectivity index (χ3n) is 11.2. The van der Waals surface area contributed by atoms with Crippen molar-refractivity contribution in [2.45, 2.75) is 121 Å². The molecule has 0 radical (unpaired) electrons. The first-order chi connectivity index (χ1) is 21.5. The summed E-state index contributed by atoms with van der Waals surface area (Å²) in [6.07, 6.45) is 7.85. The Morgan fingerprint density at radius 1 is 1.17 bits per heavy atom. The zero-order valence-electron chi connectivity index (χ0n) is 30.1. The number of hydrogen-bond donors (Lipinski definition) is 1. The van der Waals surface area contributed by atoms with Crippen LogP contribution in [0.4, 0.5) is 0 Å². The number of piperidine rings is 1. The predicted octanol–water partition coefficient (Wildman–Crippen LogP) is 3.36. The Labute approximate surface area is 278 Å². The SMILES string of the molecule is C#C[C@@]1(OC)CCCN(C)[C@](C)(C2CCN(C(C)C)CC2)COC(=O)C(C)(C)C(=O)[C@H](C=C)[C@H]1O[C@@H]1O[C@H](C)C[C@H](N(C)C)[C@H]1O. The van der Waals surface area contributed by atoms with Crippen molar-refractivity contribution in [3.8, 4) is 12.3 Å². The van der Waals surface area contributed by atoms with E-state index in [-0.39, 0.29) is 24.7 Å². The molecule has 0 aromatic carbocycles. The Morgan fingerprint density at radius 3 is 2.33 bits per heavy atom. The fraction of sp³-hybridized carbons (Fsp3) is 0.833. The van der Waals surface area contributed by atoms with E-state index >= 15 is 0 Å². The summed E-state index contributed by atoms with van der Waals surface area (Å²) in [4.78, 5) is 35.0. The number of carbonyl (C=O) groups excluding carboxylic acids is 2. The molecule has 0 saturated carbocycles. The number of terminal acetylenes is 1. The largest absolute Gasteiger partial charge is 0.463 e. The lowest BCUT2D eigenvalue weighted by Gasteiger charge is -2.48. The molecule has 1 N–H and O–H groups in total. The smallest absolute Gasteiger partial charge is 0.319 e. The lowest BCUT2D eigenvalue weighted by Crippen LogP contribution is -2.59. The summed E-state index contributed by atoms with van der Waals surface area (Å²) < 4.78 is 24.9. The second-order valence-corrected chi connectivity index (χ2v) is 15.0. The van der Waals surface area contributed by atoms with E-state index in [1.165, 1.54) is 13.2 Å². The molecule has 0 aromatic heterocycles. The van der Waals surface area contributed by atoms with Gasteiger partial charge in [0.05, 0.1) is 17.6 Å². The first-order valence-corrected chi connectivity index (χ1v) is 17.0. The van der Waals surface area contributed by atoms with Crippen LogP contribution in [0.2, 0.25) is 0 Å². The van der Waals surface area contributed by atoms with Crippen LogP contribution in [0.1, 0.15) is 73.6 Å². The number of ether oxygens (including phenoxy) is 4. The highest BCUT2D eigenvalue weighted by atomic mass is 16.7. The number of cyclic esters (lactones) is 1. The highest BCUT2D eigenvalue weighted by Gasteiger charge is 2.53. The topological polar surface area (TPSA) is 101 Å². The molecular formula is C36H61N3O7. The highest BCUT2D eigenvalue weighted by Crippen LogP contribution is 2.40. The van der Waals surface area contributed by atoms with Crippen molar-refractivity contribution >= 4 is 11.8 Å². The van der Waals surface area contributed by atoms with Crippen molar-refractivity contribution in [2.24, 2.45) is 17.3 Å². The minimum atomic E-state index is -1.55. The van der Waals surface area contributed by atoms with Gasteiger partial charge in [0, 0.05) is 19.2 Å². The number of aliphatic hydroxyl groups excluding tert-OH is 1. The molecule has 10 nitrogen and oxygen atoms in total. The van der Waals surface area contributed by atoms with Crippen LogP contribution in [-0.4, -0.2) is 134 Å². The molecule has 3 saturated heterocycles. The number of likely N-dealkylation sites (N-methyl/N-ethyl adjacent to an activating group) is 2. The van der Waals surface area contributed by atoms with Crippen LogP contribution >= 0.6 is 0 Å². The second kappa shape index (κ2) is 15.6. The standard InChI is InChI=1S/C36H61N3O7/c1-13-27-30(41)34(6,7)33(42)44-23-35(8,26-16-20-39(21-17-26)24(3)4)38(11)19-15-18-36(14-2,43-12)31(27)46-32-29(40)28(37(9)10)22-25(5)45-32/h2,13,24-29,31-32,40H,1,15-23H2,3-12H3/t25-,27+,28+,29-,31-,32+,35+,36-/m1/s1. The quantitative estimate of drug-likeness (QED) is 0.192. The van der Waals surface area contributed by atoms with Crippen LogP contribution in [0.3, 0.4) is 0 Å². The molecule has 3 aliphatic heterocycles. The van der Waals surface area contributed by atoms with E-state index < -0.39 is 52.7 Å². The molecule has 3 fully saturated rings. The van der Waals surface area contributed by atoms with Gasteiger partial charge in [-0.2, -0.15) is 0 Å². The van der Waals surface area contributed by atoms with Crippen molar-refractivity contribution < 1.29 is 33.6 Å². The van der Waals surface area contributed by atoms with Gasteiger partial charge in [-0.1, -0.05) is 12.0 Å². The number of likely N-dealkylation sites (tertiary alicyclic amines) is 1. The van der Waals surface area contributed by atoms with Crippen LogP contribution < -0.4 is 0 Å². The molecule has 10 heteroatoms. The number of rotatable bonds is 7. The zero-order valence-corrected chi connectivity index (χ0v) is 30.1. The summed E-state index contributed by atoms with van der Waals surface area (Å²) in [5.74, 6) is 1.01. The average molecular weight is 648 g/mol. The van der Waals surface area contributed by atoms with Gasteiger partial charge in [-0.15, -0.1) is 13.0 Å². The van der Waals surface area contributed by atoms with Crippen LogP contribution in [0.15, 0.2) is 12.7 Å². The molecule has 3 aliphatic rings. The maximum atomic E-state index is 14.4. The minimum Gasteiger partial charge on any atom is -0.463 e. The molecule has 0 aliphatic carbocycles. The summed E-state index contributed by atoms with van der Waals surface area (Å²) >= 11 is 0. The third-order valence-corrected chi connectivity index (χ3v) is 11.2. The minimum absolute atomic E-state index is 0.167. The fourth-order valence-electron chi connectivity index (χ4n) is 7.55. The molecule has 262 valence electrons. The zero-order chi connectivity index (χ0) is 34.6. The lowest BCUT2D eigenvalue weighted by atomic mass is 9.74. The van der Waals surface area contributed by atoms with E-state index in [1.807, 2.05) is 25.9 Å². The highest BCUT2D eigenvalue weighted by molar-refractivity contribution is 6.05. The Kier molecular flexibility index (Phi) is 13.1. The maximum absolute atomic E-state index is 14.4. The van der Waals surface area contributed by atoms with Gasteiger partial charge >= 0.3 is 5.97 Å². The number of esters is 1. The number of carbonyl (C=O) groups is 2. The van der Waals surface area contributed by atoms with Crippen molar-refractivity contribution in [1.29, 1.82) is 0 Å². The Bertz CT molecular complexity index is 1100. The monoisotopic (exact) mass is 647 g/mol.